The fourth-order valence-electron chi connectivity index (χ4n) is 2.89. The van der Waals surface area contributed by atoms with Crippen molar-refractivity contribution >= 4 is 45.9 Å². The molecule has 0 spiro atoms. The second kappa shape index (κ2) is 8.23. The molecule has 0 saturated heterocycles. The van der Waals surface area contributed by atoms with Gasteiger partial charge in [0.15, 0.2) is 5.16 Å². The summed E-state index contributed by atoms with van der Waals surface area (Å²) < 4.78 is 1.88. The van der Waals surface area contributed by atoms with Gasteiger partial charge in [0, 0.05) is 28.4 Å². The minimum absolute atomic E-state index is 0.149. The summed E-state index contributed by atoms with van der Waals surface area (Å²) in [6.45, 7) is 2.09. The van der Waals surface area contributed by atoms with Gasteiger partial charge in [0.1, 0.15) is 12.0 Å². The van der Waals surface area contributed by atoms with Crippen LogP contribution in [-0.4, -0.2) is 25.7 Å². The van der Waals surface area contributed by atoms with Crippen molar-refractivity contribution in [3.05, 3.63) is 77.2 Å². The first-order valence-corrected chi connectivity index (χ1v) is 10.2. The van der Waals surface area contributed by atoms with E-state index in [-0.39, 0.29) is 11.2 Å². The van der Waals surface area contributed by atoms with E-state index >= 15 is 0 Å². The number of amides is 1. The van der Waals surface area contributed by atoms with E-state index in [1.807, 2.05) is 48.0 Å². The zero-order chi connectivity index (χ0) is 20.4. The molecule has 0 bridgehead atoms. The van der Waals surface area contributed by atoms with Crippen LogP contribution in [0.25, 0.3) is 10.9 Å². The highest BCUT2D eigenvalue weighted by Crippen LogP contribution is 2.34. The zero-order valence-corrected chi connectivity index (χ0v) is 17.4. The summed E-state index contributed by atoms with van der Waals surface area (Å²) in [5.74, 6) is -0.266. The fourth-order valence-corrected chi connectivity index (χ4v) is 3.96. The van der Waals surface area contributed by atoms with Gasteiger partial charge < -0.3 is 9.88 Å². The molecule has 0 saturated carbocycles. The Morgan fingerprint density at radius 3 is 2.79 bits per heavy atom. The molecule has 2 aromatic carbocycles. The largest absolute Gasteiger partial charge is 0.321 e. The van der Waals surface area contributed by atoms with E-state index < -0.39 is 0 Å². The molecule has 0 fully saturated rings. The summed E-state index contributed by atoms with van der Waals surface area (Å²) in [5, 5.41) is 13.5. The number of nitrogens with zero attached hydrogens (tertiary/aromatic N) is 4. The van der Waals surface area contributed by atoms with Crippen molar-refractivity contribution in [1.82, 2.24) is 19.7 Å². The first-order valence-electron chi connectivity index (χ1n) is 8.98. The number of anilines is 1. The molecule has 8 heteroatoms. The summed E-state index contributed by atoms with van der Waals surface area (Å²) in [5.41, 5.74) is 2.82. The number of thioether (sulfide) groups is 1. The lowest BCUT2D eigenvalue weighted by atomic mass is 10.1. The molecular weight excluding hydrogens is 406 g/mol. The number of aromatic nitrogens is 4. The zero-order valence-electron chi connectivity index (χ0n) is 15.8. The van der Waals surface area contributed by atoms with Crippen LogP contribution in [0.5, 0.6) is 0 Å². The Morgan fingerprint density at radius 1 is 1.17 bits per heavy atom. The van der Waals surface area contributed by atoms with Crippen LogP contribution in [0.2, 0.25) is 5.02 Å². The van der Waals surface area contributed by atoms with Crippen molar-refractivity contribution in [2.45, 2.75) is 17.3 Å². The normalized spacial score (nSPS) is 12.1. The second-order valence-electron chi connectivity index (χ2n) is 6.60. The highest BCUT2D eigenvalue weighted by molar-refractivity contribution is 7.99. The lowest BCUT2D eigenvalue weighted by Gasteiger charge is -2.13. The number of nitrogens with one attached hydrogen (secondary N) is 1. The van der Waals surface area contributed by atoms with E-state index in [4.69, 9.17) is 11.6 Å². The standard InChI is InChI=1S/C21H18ClN5OS/c1-13(29-21-26-23-12-27(21)2)15-4-3-5-17(10-15)24-20(28)18-9-7-14-6-8-16(22)11-19(14)25-18/h3-13H,1-2H3,(H,24,28). The van der Waals surface area contributed by atoms with Crippen molar-refractivity contribution < 1.29 is 4.79 Å². The molecule has 4 rings (SSSR count). The molecule has 2 aromatic heterocycles. The van der Waals surface area contributed by atoms with E-state index in [1.54, 1.807) is 36.3 Å². The lowest BCUT2D eigenvalue weighted by molar-refractivity contribution is 0.102. The third-order valence-corrected chi connectivity index (χ3v) is 5.89. The maximum atomic E-state index is 12.7. The topological polar surface area (TPSA) is 72.7 Å². The summed E-state index contributed by atoms with van der Waals surface area (Å²) >= 11 is 7.64. The molecule has 0 aliphatic heterocycles. The Labute approximate surface area is 177 Å². The van der Waals surface area contributed by atoms with Crippen LogP contribution < -0.4 is 5.32 Å². The number of fused-ring (bicyclic) bond motifs is 1. The van der Waals surface area contributed by atoms with Crippen LogP contribution in [0.1, 0.15) is 28.2 Å². The van der Waals surface area contributed by atoms with E-state index in [1.165, 1.54) is 0 Å². The Bertz CT molecular complexity index is 1190. The van der Waals surface area contributed by atoms with Gasteiger partial charge in [0.25, 0.3) is 5.91 Å². The van der Waals surface area contributed by atoms with Crippen LogP contribution in [0.15, 0.2) is 66.1 Å². The van der Waals surface area contributed by atoms with Crippen LogP contribution in [0, 0.1) is 0 Å². The second-order valence-corrected chi connectivity index (χ2v) is 8.34. The van der Waals surface area contributed by atoms with Crippen molar-refractivity contribution in [2.24, 2.45) is 7.05 Å². The third-order valence-electron chi connectivity index (χ3n) is 4.45. The van der Waals surface area contributed by atoms with Crippen LogP contribution >= 0.6 is 23.4 Å². The smallest absolute Gasteiger partial charge is 0.274 e. The number of rotatable bonds is 5. The first-order chi connectivity index (χ1) is 14.0. The molecule has 2 heterocycles. The van der Waals surface area contributed by atoms with Gasteiger partial charge in [-0.2, -0.15) is 0 Å². The highest BCUT2D eigenvalue weighted by Gasteiger charge is 2.13. The number of hydrogen-bond acceptors (Lipinski definition) is 5. The van der Waals surface area contributed by atoms with Crippen molar-refractivity contribution in [2.75, 3.05) is 5.32 Å². The Kier molecular flexibility index (Phi) is 5.51. The molecule has 0 aliphatic carbocycles. The predicted molar refractivity (Wildman–Crippen MR) is 116 cm³/mol. The van der Waals surface area contributed by atoms with Gasteiger partial charge in [-0.15, -0.1) is 10.2 Å². The van der Waals surface area contributed by atoms with Crippen LogP contribution in [0.4, 0.5) is 5.69 Å². The summed E-state index contributed by atoms with van der Waals surface area (Å²) in [4.78, 5) is 17.1. The third kappa shape index (κ3) is 4.41. The summed E-state index contributed by atoms with van der Waals surface area (Å²) in [6, 6.07) is 16.8. The molecule has 0 radical (unpaired) electrons. The van der Waals surface area contributed by atoms with Gasteiger partial charge >= 0.3 is 0 Å². The predicted octanol–water partition coefficient (Wildman–Crippen LogP) is 5.12. The minimum atomic E-state index is -0.266. The molecule has 1 N–H and O–H groups in total. The molecule has 29 heavy (non-hydrogen) atoms. The SMILES string of the molecule is CC(Sc1nncn1C)c1cccc(NC(=O)c2ccc3ccc(Cl)cc3n2)c1. The lowest BCUT2D eigenvalue weighted by Crippen LogP contribution is -2.13. The number of aryl methyl sites for hydroxylation is 1. The number of benzene rings is 2. The van der Waals surface area contributed by atoms with Crippen molar-refractivity contribution in [3.8, 4) is 0 Å². The first kappa shape index (κ1) is 19.4. The molecule has 6 nitrogen and oxygen atoms in total. The Morgan fingerprint density at radius 2 is 2.00 bits per heavy atom. The Hall–Kier alpha value is -2.90. The molecule has 1 atom stereocenters. The number of pyridine rings is 1. The van der Waals surface area contributed by atoms with E-state index in [0.717, 1.165) is 16.1 Å². The van der Waals surface area contributed by atoms with Gasteiger partial charge in [-0.3, -0.25) is 4.79 Å². The molecule has 0 aliphatic rings. The maximum Gasteiger partial charge on any atom is 0.274 e. The Balaban J connectivity index is 1.51. The monoisotopic (exact) mass is 423 g/mol. The number of hydrogen-bond donors (Lipinski definition) is 1. The van der Waals surface area contributed by atoms with E-state index in [2.05, 4.69) is 27.4 Å². The molecule has 1 amide bonds. The molecule has 1 unspecified atom stereocenters. The van der Waals surface area contributed by atoms with Gasteiger partial charge in [0.05, 0.1) is 5.52 Å². The molecular formula is C21H18ClN5OS. The van der Waals surface area contributed by atoms with Gasteiger partial charge in [-0.25, -0.2) is 4.98 Å². The number of carbonyl (C=O) groups excluding carboxylic acids is 1. The number of halogens is 1. The average molecular weight is 424 g/mol. The average Bonchev–Trinajstić information content (AvgIpc) is 3.12. The fraction of sp³-hybridized carbons (Fsp3) is 0.143. The summed E-state index contributed by atoms with van der Waals surface area (Å²) in [7, 11) is 1.91. The van der Waals surface area contributed by atoms with Gasteiger partial charge in [-0.1, -0.05) is 47.6 Å². The van der Waals surface area contributed by atoms with E-state index in [0.29, 0.717) is 21.9 Å². The minimum Gasteiger partial charge on any atom is -0.321 e. The van der Waals surface area contributed by atoms with Crippen molar-refractivity contribution in [3.63, 3.8) is 0 Å². The quantitative estimate of drug-likeness (QED) is 0.451. The summed E-state index contributed by atoms with van der Waals surface area (Å²) in [6.07, 6.45) is 1.68. The van der Waals surface area contributed by atoms with Gasteiger partial charge in [-0.05, 0) is 42.8 Å². The van der Waals surface area contributed by atoms with Gasteiger partial charge in [0.2, 0.25) is 0 Å². The maximum absolute atomic E-state index is 12.7. The molecule has 146 valence electrons. The number of carbonyl (C=O) groups is 1. The highest BCUT2D eigenvalue weighted by atomic mass is 35.5. The van der Waals surface area contributed by atoms with Crippen molar-refractivity contribution in [1.29, 1.82) is 0 Å². The van der Waals surface area contributed by atoms with E-state index in [9.17, 15) is 4.79 Å². The molecule has 4 aromatic rings. The van der Waals surface area contributed by atoms with Crippen LogP contribution in [0.3, 0.4) is 0 Å². The van der Waals surface area contributed by atoms with Crippen LogP contribution in [-0.2, 0) is 7.05 Å².